The fourth-order valence-corrected chi connectivity index (χ4v) is 4.76. The topological polar surface area (TPSA) is 90.7 Å². The van der Waals surface area contributed by atoms with E-state index in [9.17, 15) is 14.4 Å². The van der Waals surface area contributed by atoms with Crippen LogP contribution in [-0.2, 0) is 16.1 Å². The lowest BCUT2D eigenvalue weighted by Gasteiger charge is -2.28. The van der Waals surface area contributed by atoms with Gasteiger partial charge in [-0.05, 0) is 36.1 Å². The number of carbonyl (C=O) groups is 3. The van der Waals surface area contributed by atoms with Gasteiger partial charge in [-0.3, -0.25) is 14.4 Å². The van der Waals surface area contributed by atoms with Gasteiger partial charge in [0.1, 0.15) is 17.4 Å². The number of Topliss-reactive ketones (excluding diaryl/α,β-unsaturated/α-hetero) is 2. The molecule has 3 heterocycles. The summed E-state index contributed by atoms with van der Waals surface area (Å²) in [5, 5.41) is 1.78. The monoisotopic (exact) mass is 453 g/mol. The number of ketones is 2. The summed E-state index contributed by atoms with van der Waals surface area (Å²) in [7, 11) is 3.05. The zero-order valence-electron chi connectivity index (χ0n) is 17.8. The van der Waals surface area contributed by atoms with Crippen LogP contribution in [-0.4, -0.2) is 52.7 Å². The molecule has 2 unspecified atom stereocenters. The molecule has 0 radical (unpaired) electrons. The normalized spacial score (nSPS) is 18.2. The lowest BCUT2D eigenvalue weighted by Crippen LogP contribution is -2.32. The third-order valence-corrected chi connectivity index (χ3v) is 6.47. The molecule has 0 bridgehead atoms. The maximum Gasteiger partial charge on any atom is 0.291 e. The summed E-state index contributed by atoms with van der Waals surface area (Å²) in [5.41, 5.74) is 0.573. The van der Waals surface area contributed by atoms with Crippen molar-refractivity contribution in [2.75, 3.05) is 20.8 Å². The lowest BCUT2D eigenvalue weighted by molar-refractivity contribution is -0.140. The fourth-order valence-electron chi connectivity index (χ4n) is 4.06. The first-order valence-electron chi connectivity index (χ1n) is 10.2. The van der Waals surface area contributed by atoms with Crippen molar-refractivity contribution in [3.8, 4) is 11.5 Å². The second-order valence-electron chi connectivity index (χ2n) is 7.39. The third kappa shape index (κ3) is 4.03. The molecular formula is C23H23N3O5S. The highest BCUT2D eigenvalue weighted by Crippen LogP contribution is 2.43. The van der Waals surface area contributed by atoms with E-state index in [1.807, 2.05) is 10.8 Å². The standard InChI is InChI=1S/C23H23N3O5S/c1-30-15-6-7-17(31-2)16(13-15)20-19(21(27)18-5-3-12-32-18)22(28)23(29)26(20)10-4-9-25-11-8-24-14-25/h3,5-8,11-14,19-20H,4,9-10H2,1-2H3. The van der Waals surface area contributed by atoms with Crippen LogP contribution < -0.4 is 9.47 Å². The molecule has 1 aromatic carbocycles. The van der Waals surface area contributed by atoms with Gasteiger partial charge in [-0.2, -0.15) is 0 Å². The summed E-state index contributed by atoms with van der Waals surface area (Å²) in [4.78, 5) is 45.4. The van der Waals surface area contributed by atoms with Gasteiger partial charge in [-0.15, -0.1) is 11.3 Å². The third-order valence-electron chi connectivity index (χ3n) is 5.58. The molecule has 2 atom stereocenters. The summed E-state index contributed by atoms with van der Waals surface area (Å²) in [5.74, 6) is -1.81. The number of ether oxygens (including phenoxy) is 2. The predicted octanol–water partition coefficient (Wildman–Crippen LogP) is 3.00. The molecule has 2 aromatic heterocycles. The summed E-state index contributed by atoms with van der Waals surface area (Å²) in [6.07, 6.45) is 5.81. The number of hydrogen-bond donors (Lipinski definition) is 0. The van der Waals surface area contributed by atoms with Crippen molar-refractivity contribution in [2.24, 2.45) is 5.92 Å². The Bertz CT molecular complexity index is 1110. The van der Waals surface area contributed by atoms with E-state index in [0.717, 1.165) is 0 Å². The summed E-state index contributed by atoms with van der Waals surface area (Å²) in [6, 6.07) is 7.83. The molecule has 4 rings (SSSR count). The number of methoxy groups -OCH3 is 2. The SMILES string of the molecule is COc1ccc(OC)c(C2C(C(=O)c3cccs3)C(=O)C(=O)N2CCCn2ccnc2)c1. The molecule has 1 saturated heterocycles. The number of carbonyl (C=O) groups excluding carboxylic acids is 3. The molecule has 0 spiro atoms. The van der Waals surface area contributed by atoms with Gasteiger partial charge in [-0.1, -0.05) is 6.07 Å². The molecule has 1 aliphatic heterocycles. The Kier molecular flexibility index (Phi) is 6.36. The zero-order valence-corrected chi connectivity index (χ0v) is 18.6. The maximum absolute atomic E-state index is 13.3. The van der Waals surface area contributed by atoms with Crippen LogP contribution in [0.1, 0.15) is 27.7 Å². The predicted molar refractivity (Wildman–Crippen MR) is 118 cm³/mol. The van der Waals surface area contributed by atoms with Crippen LogP contribution in [0.15, 0.2) is 54.4 Å². The fraction of sp³-hybridized carbons (Fsp3) is 0.304. The van der Waals surface area contributed by atoms with Gasteiger partial charge in [-0.25, -0.2) is 4.98 Å². The Morgan fingerprint density at radius 1 is 1.16 bits per heavy atom. The molecule has 3 aromatic rings. The highest BCUT2D eigenvalue weighted by Gasteiger charge is 2.52. The first-order chi connectivity index (χ1) is 15.5. The molecule has 166 valence electrons. The largest absolute Gasteiger partial charge is 0.497 e. The molecule has 0 saturated carbocycles. The van der Waals surface area contributed by atoms with E-state index in [-0.39, 0.29) is 5.78 Å². The van der Waals surface area contributed by atoms with Crippen LogP contribution in [0.2, 0.25) is 0 Å². The van der Waals surface area contributed by atoms with Gasteiger partial charge < -0.3 is 18.9 Å². The first-order valence-corrected chi connectivity index (χ1v) is 11.0. The number of imidazole rings is 1. The van der Waals surface area contributed by atoms with Gasteiger partial charge >= 0.3 is 0 Å². The van der Waals surface area contributed by atoms with Crippen molar-refractivity contribution >= 4 is 28.8 Å². The number of aromatic nitrogens is 2. The average Bonchev–Trinajstić information content (AvgIpc) is 3.57. The van der Waals surface area contributed by atoms with Crippen LogP contribution in [0, 0.1) is 5.92 Å². The van der Waals surface area contributed by atoms with E-state index in [0.29, 0.717) is 41.4 Å². The minimum Gasteiger partial charge on any atom is -0.497 e. The van der Waals surface area contributed by atoms with Crippen molar-refractivity contribution in [1.82, 2.24) is 14.5 Å². The first kappa shape index (κ1) is 21.8. The Labute approximate surface area is 189 Å². The second-order valence-corrected chi connectivity index (χ2v) is 8.34. The lowest BCUT2D eigenvalue weighted by atomic mass is 9.88. The molecular weight excluding hydrogens is 430 g/mol. The molecule has 1 fully saturated rings. The van der Waals surface area contributed by atoms with Gasteiger partial charge in [0, 0.05) is 31.0 Å². The molecule has 0 N–H and O–H groups in total. The van der Waals surface area contributed by atoms with Crippen LogP contribution in [0.5, 0.6) is 11.5 Å². The van der Waals surface area contributed by atoms with Crippen molar-refractivity contribution in [3.05, 3.63) is 64.9 Å². The van der Waals surface area contributed by atoms with E-state index in [1.54, 1.807) is 48.2 Å². The quantitative estimate of drug-likeness (QED) is 0.281. The number of aryl methyl sites for hydroxylation is 1. The van der Waals surface area contributed by atoms with E-state index in [1.165, 1.54) is 30.5 Å². The molecule has 1 aliphatic rings. The van der Waals surface area contributed by atoms with Gasteiger partial charge in [0.2, 0.25) is 5.78 Å². The highest BCUT2D eigenvalue weighted by molar-refractivity contribution is 7.12. The van der Waals surface area contributed by atoms with E-state index >= 15 is 0 Å². The van der Waals surface area contributed by atoms with Crippen LogP contribution in [0.3, 0.4) is 0 Å². The summed E-state index contributed by atoms with van der Waals surface area (Å²) < 4.78 is 12.8. The van der Waals surface area contributed by atoms with Gasteiger partial charge in [0.25, 0.3) is 5.91 Å². The van der Waals surface area contributed by atoms with Crippen molar-refractivity contribution in [3.63, 3.8) is 0 Å². The highest BCUT2D eigenvalue weighted by atomic mass is 32.1. The molecule has 1 amide bonds. The Hall–Kier alpha value is -3.46. The van der Waals surface area contributed by atoms with Crippen LogP contribution >= 0.6 is 11.3 Å². The van der Waals surface area contributed by atoms with Crippen molar-refractivity contribution in [1.29, 1.82) is 0 Å². The Morgan fingerprint density at radius 2 is 2.00 bits per heavy atom. The van der Waals surface area contributed by atoms with Gasteiger partial charge in [0.05, 0.1) is 31.5 Å². The minimum atomic E-state index is -1.14. The Balaban J connectivity index is 1.73. The molecule has 32 heavy (non-hydrogen) atoms. The Morgan fingerprint density at radius 3 is 2.66 bits per heavy atom. The number of amides is 1. The van der Waals surface area contributed by atoms with E-state index < -0.39 is 23.7 Å². The van der Waals surface area contributed by atoms with Gasteiger partial charge in [0.15, 0.2) is 5.78 Å². The second kappa shape index (κ2) is 9.35. The maximum atomic E-state index is 13.3. The average molecular weight is 454 g/mol. The number of benzene rings is 1. The summed E-state index contributed by atoms with van der Waals surface area (Å²) >= 11 is 1.26. The zero-order chi connectivity index (χ0) is 22.7. The van der Waals surface area contributed by atoms with E-state index in [4.69, 9.17) is 9.47 Å². The van der Waals surface area contributed by atoms with E-state index in [2.05, 4.69) is 4.98 Å². The number of likely N-dealkylation sites (tertiary alicyclic amines) is 1. The summed E-state index contributed by atoms with van der Waals surface area (Å²) in [6.45, 7) is 0.936. The number of nitrogens with zero attached hydrogens (tertiary/aromatic N) is 3. The number of hydrogen-bond acceptors (Lipinski definition) is 7. The molecule has 9 heteroatoms. The van der Waals surface area contributed by atoms with Crippen molar-refractivity contribution < 1.29 is 23.9 Å². The minimum absolute atomic E-state index is 0.308. The van der Waals surface area contributed by atoms with Crippen LogP contribution in [0.25, 0.3) is 0 Å². The molecule has 8 nitrogen and oxygen atoms in total. The molecule has 0 aliphatic carbocycles. The number of thiophene rings is 1. The smallest absolute Gasteiger partial charge is 0.291 e. The van der Waals surface area contributed by atoms with Crippen molar-refractivity contribution in [2.45, 2.75) is 19.0 Å². The number of rotatable bonds is 9. The van der Waals surface area contributed by atoms with Crippen LogP contribution in [0.4, 0.5) is 0 Å².